The summed E-state index contributed by atoms with van der Waals surface area (Å²) >= 11 is 0. The molecule has 1 atom stereocenters. The van der Waals surface area contributed by atoms with Crippen molar-refractivity contribution in [3.05, 3.63) is 95.2 Å². The Labute approximate surface area is 208 Å². The van der Waals surface area contributed by atoms with Gasteiger partial charge in [0.25, 0.3) is 0 Å². The molecule has 0 unspecified atom stereocenters. The van der Waals surface area contributed by atoms with Crippen LogP contribution in [0.2, 0.25) is 0 Å². The molecular formula is C29H24FN3O3. The van der Waals surface area contributed by atoms with Gasteiger partial charge in [-0.25, -0.2) is 4.39 Å². The normalized spacial score (nSPS) is 20.4. The van der Waals surface area contributed by atoms with Gasteiger partial charge in [0.05, 0.1) is 23.2 Å². The summed E-state index contributed by atoms with van der Waals surface area (Å²) in [5.74, 6) is 0.814. The Morgan fingerprint density at radius 1 is 1.03 bits per heavy atom. The summed E-state index contributed by atoms with van der Waals surface area (Å²) in [6, 6.07) is 18.0. The molecule has 6 nitrogen and oxygen atoms in total. The third-order valence-electron chi connectivity index (χ3n) is 6.96. The molecule has 1 aromatic heterocycles. The van der Waals surface area contributed by atoms with E-state index < -0.39 is 5.92 Å². The number of ketones is 1. The number of Topliss-reactive ketones (excluding diaryl/α,β-unsaturated/α-hetero) is 1. The molecule has 0 radical (unpaired) electrons. The second-order valence-corrected chi connectivity index (χ2v) is 10.1. The highest BCUT2D eigenvalue weighted by Crippen LogP contribution is 2.52. The first-order valence-electron chi connectivity index (χ1n) is 11.9. The highest BCUT2D eigenvalue weighted by molar-refractivity contribution is 6.03. The van der Waals surface area contributed by atoms with Gasteiger partial charge in [0, 0.05) is 30.1 Å². The van der Waals surface area contributed by atoms with Crippen LogP contribution in [0.1, 0.15) is 38.2 Å². The average Bonchev–Trinajstić information content (AvgIpc) is 3.53. The Balaban J connectivity index is 1.67. The van der Waals surface area contributed by atoms with Gasteiger partial charge in [-0.1, -0.05) is 26.0 Å². The Kier molecular flexibility index (Phi) is 5.01. The smallest absolute Gasteiger partial charge is 0.231 e. The first-order chi connectivity index (χ1) is 17.4. The van der Waals surface area contributed by atoms with Crippen LogP contribution < -0.4 is 14.4 Å². The number of allylic oxidation sites excluding steroid dienone is 3. The molecule has 6 rings (SSSR count). The van der Waals surface area contributed by atoms with Gasteiger partial charge in [-0.15, -0.1) is 0 Å². The lowest BCUT2D eigenvalue weighted by molar-refractivity contribution is -0.118. The number of carbonyl (C=O) groups excluding carboxylic acids is 1. The van der Waals surface area contributed by atoms with Crippen LogP contribution >= 0.6 is 0 Å². The van der Waals surface area contributed by atoms with Gasteiger partial charge < -0.3 is 14.0 Å². The maximum atomic E-state index is 14.5. The van der Waals surface area contributed by atoms with Gasteiger partial charge >= 0.3 is 0 Å². The number of carbonyl (C=O) groups is 1. The van der Waals surface area contributed by atoms with Gasteiger partial charge in [-0.05, 0) is 59.9 Å². The minimum atomic E-state index is -0.592. The van der Waals surface area contributed by atoms with Gasteiger partial charge in [-0.2, -0.15) is 5.26 Å². The van der Waals surface area contributed by atoms with E-state index in [0.717, 1.165) is 11.3 Å². The van der Waals surface area contributed by atoms with Crippen LogP contribution in [0.15, 0.2) is 83.8 Å². The molecule has 3 aromatic rings. The van der Waals surface area contributed by atoms with E-state index in [2.05, 4.69) is 19.9 Å². The molecule has 1 aliphatic carbocycles. The fraction of sp³-hybridized carbons (Fsp3) is 0.241. The third-order valence-corrected chi connectivity index (χ3v) is 6.96. The predicted octanol–water partition coefficient (Wildman–Crippen LogP) is 6.00. The highest BCUT2D eigenvalue weighted by Gasteiger charge is 2.45. The molecule has 2 aliphatic heterocycles. The van der Waals surface area contributed by atoms with Crippen molar-refractivity contribution >= 4 is 17.3 Å². The summed E-state index contributed by atoms with van der Waals surface area (Å²) in [6.45, 7) is 4.26. The second-order valence-electron chi connectivity index (χ2n) is 10.1. The van der Waals surface area contributed by atoms with Crippen LogP contribution in [0, 0.1) is 22.6 Å². The third kappa shape index (κ3) is 3.49. The van der Waals surface area contributed by atoms with Crippen LogP contribution in [-0.2, 0) is 4.79 Å². The molecule has 0 spiro atoms. The molecule has 180 valence electrons. The standard InChI is InChI=1S/C29H24FN3O3/c1-29(2)14-22-27(23(34)15-29)26(18-8-9-24-25(12-18)36-17-35-24)21(16-31)28(32-10-3-4-11-32)33(22)20-7-5-6-19(30)13-20/h3-13,26H,14-15,17H2,1-2H3/t26-/m0/s1. The molecule has 0 amide bonds. The number of benzene rings is 2. The zero-order valence-corrected chi connectivity index (χ0v) is 20.0. The SMILES string of the molecule is CC1(C)CC(=O)C2=C(C1)N(c1cccc(F)c1)C(n1cccc1)=C(C#N)[C@@H]2c1ccc2c(c1)OCO2. The van der Waals surface area contributed by atoms with Crippen LogP contribution in [0.4, 0.5) is 10.1 Å². The van der Waals surface area contributed by atoms with Gasteiger partial charge in [0.15, 0.2) is 17.3 Å². The predicted molar refractivity (Wildman–Crippen MR) is 132 cm³/mol. The Bertz CT molecular complexity index is 1490. The summed E-state index contributed by atoms with van der Waals surface area (Å²) in [5, 5.41) is 10.6. The van der Waals surface area contributed by atoms with Crippen molar-refractivity contribution in [2.45, 2.75) is 32.6 Å². The molecule has 3 heterocycles. The van der Waals surface area contributed by atoms with Crippen molar-refractivity contribution in [1.29, 1.82) is 5.26 Å². The van der Waals surface area contributed by atoms with Gasteiger partial charge in [-0.3, -0.25) is 9.69 Å². The van der Waals surface area contributed by atoms with E-state index >= 15 is 0 Å². The number of rotatable bonds is 3. The second kappa shape index (κ2) is 8.13. The fourth-order valence-electron chi connectivity index (χ4n) is 5.51. The van der Waals surface area contributed by atoms with E-state index in [1.807, 2.05) is 52.2 Å². The number of hydrogen-bond acceptors (Lipinski definition) is 5. The van der Waals surface area contributed by atoms with E-state index in [4.69, 9.17) is 9.47 Å². The quantitative estimate of drug-likeness (QED) is 0.459. The molecule has 36 heavy (non-hydrogen) atoms. The van der Waals surface area contributed by atoms with Crippen LogP contribution in [-0.4, -0.2) is 17.1 Å². The average molecular weight is 482 g/mol. The maximum absolute atomic E-state index is 14.5. The Morgan fingerprint density at radius 3 is 2.56 bits per heavy atom. The van der Waals surface area contributed by atoms with Crippen molar-refractivity contribution in [3.8, 4) is 17.6 Å². The number of hydrogen-bond donors (Lipinski definition) is 0. The van der Waals surface area contributed by atoms with Crippen LogP contribution in [0.3, 0.4) is 0 Å². The minimum absolute atomic E-state index is 0.00961. The zero-order valence-electron chi connectivity index (χ0n) is 20.0. The number of fused-ring (bicyclic) bond motifs is 1. The van der Waals surface area contributed by atoms with Crippen molar-refractivity contribution in [2.75, 3.05) is 11.7 Å². The number of halogens is 1. The van der Waals surface area contributed by atoms with E-state index in [9.17, 15) is 14.4 Å². The van der Waals surface area contributed by atoms with Crippen LogP contribution in [0.25, 0.3) is 5.82 Å². The molecule has 2 aromatic carbocycles. The van der Waals surface area contributed by atoms with Crippen molar-refractivity contribution in [3.63, 3.8) is 0 Å². The summed E-state index contributed by atoms with van der Waals surface area (Å²) in [5.41, 5.74) is 2.80. The van der Waals surface area contributed by atoms with Crippen molar-refractivity contribution in [2.24, 2.45) is 5.41 Å². The summed E-state index contributed by atoms with van der Waals surface area (Å²) < 4.78 is 27.4. The molecule has 0 fully saturated rings. The number of ether oxygens (including phenoxy) is 2. The van der Waals surface area contributed by atoms with Crippen LogP contribution in [0.5, 0.6) is 11.5 Å². The van der Waals surface area contributed by atoms with E-state index in [-0.39, 0.29) is 23.8 Å². The van der Waals surface area contributed by atoms with Gasteiger partial charge in [0.2, 0.25) is 6.79 Å². The first kappa shape index (κ1) is 22.2. The molecule has 0 bridgehead atoms. The van der Waals surface area contributed by atoms with E-state index in [1.165, 1.54) is 12.1 Å². The lowest BCUT2D eigenvalue weighted by atomic mass is 9.68. The molecule has 0 saturated heterocycles. The summed E-state index contributed by atoms with van der Waals surface area (Å²) in [6.07, 6.45) is 4.67. The van der Waals surface area contributed by atoms with Crippen molar-refractivity contribution in [1.82, 2.24) is 4.57 Å². The highest BCUT2D eigenvalue weighted by atomic mass is 19.1. The summed E-state index contributed by atoms with van der Waals surface area (Å²) in [4.78, 5) is 15.7. The van der Waals surface area contributed by atoms with E-state index in [1.54, 1.807) is 12.1 Å². The molecule has 7 heteroatoms. The molecule has 0 saturated carbocycles. The van der Waals surface area contributed by atoms with Crippen molar-refractivity contribution < 1.29 is 18.7 Å². The lowest BCUT2D eigenvalue weighted by Crippen LogP contribution is -2.40. The number of aromatic nitrogens is 1. The monoisotopic (exact) mass is 481 g/mol. The Morgan fingerprint density at radius 2 is 1.81 bits per heavy atom. The zero-order chi connectivity index (χ0) is 25.0. The number of anilines is 1. The van der Waals surface area contributed by atoms with Gasteiger partial charge in [0.1, 0.15) is 11.6 Å². The Hall–Kier alpha value is -4.31. The fourth-order valence-corrected chi connectivity index (χ4v) is 5.51. The number of nitriles is 1. The first-order valence-corrected chi connectivity index (χ1v) is 11.9. The molecule has 3 aliphatic rings. The molecule has 0 N–H and O–H groups in total. The lowest BCUT2D eigenvalue weighted by Gasteiger charge is -2.44. The molecular weight excluding hydrogens is 457 g/mol. The topological polar surface area (TPSA) is 67.5 Å². The summed E-state index contributed by atoms with van der Waals surface area (Å²) in [7, 11) is 0. The largest absolute Gasteiger partial charge is 0.454 e. The maximum Gasteiger partial charge on any atom is 0.231 e. The van der Waals surface area contributed by atoms with E-state index in [0.29, 0.717) is 47.0 Å². The minimum Gasteiger partial charge on any atom is -0.454 e. The number of nitrogens with zero attached hydrogens (tertiary/aromatic N) is 3.